The van der Waals surface area contributed by atoms with Gasteiger partial charge in [0.25, 0.3) is 0 Å². The molecule has 0 aliphatic carbocycles. The number of methoxy groups -OCH3 is 1. The minimum absolute atomic E-state index is 0.407. The Morgan fingerprint density at radius 1 is 1.36 bits per heavy atom. The van der Waals surface area contributed by atoms with Crippen molar-refractivity contribution in [1.29, 1.82) is 0 Å². The third-order valence-corrected chi connectivity index (χ3v) is 3.60. The number of carbonyl (C=O) groups excluding carboxylic acids is 1. The topological polar surface area (TPSA) is 68.3 Å². The van der Waals surface area contributed by atoms with Crippen molar-refractivity contribution in [3.05, 3.63) is 52.5 Å². The molecular formula is C15H22N2O3S2. The highest BCUT2D eigenvalue weighted by Gasteiger charge is 1.91. The molecule has 0 aliphatic rings. The van der Waals surface area contributed by atoms with Crippen molar-refractivity contribution in [2.24, 2.45) is 0 Å². The van der Waals surface area contributed by atoms with Crippen LogP contribution in [0.25, 0.3) is 0 Å². The second kappa shape index (κ2) is 13.0. The van der Waals surface area contributed by atoms with Crippen LogP contribution in [-0.2, 0) is 21.3 Å². The van der Waals surface area contributed by atoms with E-state index in [4.69, 9.17) is 0 Å². The summed E-state index contributed by atoms with van der Waals surface area (Å²) in [6.45, 7) is 1.98. The first-order chi connectivity index (χ1) is 10.5. The number of amides is 1. The first-order valence-corrected chi connectivity index (χ1v) is 9.11. The van der Waals surface area contributed by atoms with Crippen LogP contribution in [0.3, 0.4) is 0 Å². The van der Waals surface area contributed by atoms with E-state index in [1.165, 1.54) is 14.2 Å². The number of carbonyl (C=O) groups is 1. The number of benzene rings is 1. The third kappa shape index (κ3) is 12.0. The molecule has 1 N–H and O–H groups in total. The maximum absolute atomic E-state index is 10.7. The molecule has 0 radical (unpaired) electrons. The Kier molecular flexibility index (Phi) is 11.9. The number of ether oxygens (including phenoxy) is 1. The maximum atomic E-state index is 10.7. The fourth-order valence-electron chi connectivity index (χ4n) is 1.18. The van der Waals surface area contributed by atoms with E-state index in [9.17, 15) is 9.00 Å². The van der Waals surface area contributed by atoms with Gasteiger partial charge in [0.2, 0.25) is 0 Å². The zero-order valence-electron chi connectivity index (χ0n) is 13.2. The van der Waals surface area contributed by atoms with E-state index in [0.29, 0.717) is 5.75 Å². The molecule has 5 nitrogen and oxygen atoms in total. The van der Waals surface area contributed by atoms with Gasteiger partial charge < -0.3 is 10.1 Å². The number of nitrogens with one attached hydrogen (secondary N) is 1. The quantitative estimate of drug-likeness (QED) is 0.911. The van der Waals surface area contributed by atoms with Crippen LogP contribution in [0, 0.1) is 6.92 Å². The van der Waals surface area contributed by atoms with Gasteiger partial charge in [-0.3, -0.25) is 9.19 Å². The van der Waals surface area contributed by atoms with Gasteiger partial charge in [-0.2, -0.15) is 0 Å². The molecule has 22 heavy (non-hydrogen) atoms. The summed E-state index contributed by atoms with van der Waals surface area (Å²) in [5, 5.41) is 4.27. The molecule has 122 valence electrons. The van der Waals surface area contributed by atoms with Crippen molar-refractivity contribution in [3.63, 3.8) is 0 Å². The van der Waals surface area contributed by atoms with Crippen LogP contribution in [0.5, 0.6) is 0 Å². The summed E-state index contributed by atoms with van der Waals surface area (Å²) >= 11 is 1.63. The number of hydrogen-bond donors (Lipinski definition) is 1. The van der Waals surface area contributed by atoms with E-state index >= 15 is 0 Å². The Morgan fingerprint density at radius 2 is 2.00 bits per heavy atom. The minimum Gasteiger partial charge on any atom is -0.453 e. The second-order valence-electron chi connectivity index (χ2n) is 4.07. The summed E-state index contributed by atoms with van der Waals surface area (Å²) < 4.78 is 14.9. The molecule has 0 saturated carbocycles. The first-order valence-electron chi connectivity index (χ1n) is 6.44. The standard InChI is InChI=1S/C8H10OS.C4H5NS.C3H7NO2/c1-10(9)7-8-5-3-2-4-6-8;1-4-2-6-3-5-4;1-4-3(5)6-2/h2-6H,7H2,1H3;2-3H,1H3;1-2H3,(H,4,5). The van der Waals surface area contributed by atoms with E-state index in [-0.39, 0.29) is 0 Å². The van der Waals surface area contributed by atoms with Gasteiger partial charge in [-0.15, -0.1) is 11.3 Å². The summed E-state index contributed by atoms with van der Waals surface area (Å²) in [4.78, 5) is 13.8. The highest BCUT2D eigenvalue weighted by Crippen LogP contribution is 2.00. The number of alkyl carbamates (subject to hydrolysis) is 1. The Morgan fingerprint density at radius 3 is 2.27 bits per heavy atom. The van der Waals surface area contributed by atoms with Crippen LogP contribution in [0.2, 0.25) is 0 Å². The van der Waals surface area contributed by atoms with E-state index in [1.54, 1.807) is 17.6 Å². The van der Waals surface area contributed by atoms with Gasteiger partial charge in [0.15, 0.2) is 0 Å². The molecule has 7 heteroatoms. The number of thiazole rings is 1. The molecule has 0 spiro atoms. The van der Waals surface area contributed by atoms with Gasteiger partial charge in [-0.25, -0.2) is 4.79 Å². The van der Waals surface area contributed by atoms with Crippen molar-refractivity contribution in [2.45, 2.75) is 12.7 Å². The average molecular weight is 342 g/mol. The van der Waals surface area contributed by atoms with Gasteiger partial charge in [0, 0.05) is 40.9 Å². The van der Waals surface area contributed by atoms with E-state index in [1.807, 2.05) is 48.1 Å². The van der Waals surface area contributed by atoms with Crippen molar-refractivity contribution >= 4 is 28.2 Å². The summed E-state index contributed by atoms with van der Waals surface area (Å²) in [5.74, 6) is 0.668. The lowest BCUT2D eigenvalue weighted by atomic mass is 10.2. The molecule has 1 aromatic carbocycles. The molecule has 1 amide bonds. The van der Waals surface area contributed by atoms with Crippen LogP contribution in [-0.4, -0.2) is 35.7 Å². The van der Waals surface area contributed by atoms with Gasteiger partial charge in [0.1, 0.15) is 0 Å². The molecule has 2 aromatic rings. The van der Waals surface area contributed by atoms with Crippen molar-refractivity contribution in [2.75, 3.05) is 20.4 Å². The monoisotopic (exact) mass is 342 g/mol. The van der Waals surface area contributed by atoms with Gasteiger partial charge in [-0.05, 0) is 12.5 Å². The SMILES string of the molecule is CNC(=O)OC.CS(=O)Cc1ccccc1.Cc1cscn1. The highest BCUT2D eigenvalue weighted by atomic mass is 32.2. The number of aromatic nitrogens is 1. The lowest BCUT2D eigenvalue weighted by molar-refractivity contribution is 0.173. The molecule has 1 unspecified atom stereocenters. The molecule has 1 heterocycles. The summed E-state index contributed by atoms with van der Waals surface area (Å²) in [6, 6.07) is 9.86. The fraction of sp³-hybridized carbons (Fsp3) is 0.333. The molecule has 0 bridgehead atoms. The van der Waals surface area contributed by atoms with Crippen LogP contribution < -0.4 is 5.32 Å². The molecule has 0 fully saturated rings. The molecular weight excluding hydrogens is 320 g/mol. The van der Waals surface area contributed by atoms with Gasteiger partial charge in [0.05, 0.1) is 12.6 Å². The predicted octanol–water partition coefficient (Wildman–Crippen LogP) is 2.99. The summed E-state index contributed by atoms with van der Waals surface area (Å²) in [6.07, 6.45) is 1.31. The molecule has 1 aromatic heterocycles. The highest BCUT2D eigenvalue weighted by molar-refractivity contribution is 7.83. The minimum atomic E-state index is -0.717. The smallest absolute Gasteiger partial charge is 0.406 e. The Balaban J connectivity index is 0.000000319. The molecule has 0 aliphatic heterocycles. The Bertz CT molecular complexity index is 525. The number of hydrogen-bond acceptors (Lipinski definition) is 5. The Hall–Kier alpha value is -1.73. The Labute approximate surface area is 138 Å². The normalized spacial score (nSPS) is 10.2. The van der Waals surface area contributed by atoms with Crippen molar-refractivity contribution in [3.8, 4) is 0 Å². The number of rotatable bonds is 2. The average Bonchev–Trinajstić information content (AvgIpc) is 2.99. The third-order valence-electron chi connectivity index (χ3n) is 2.16. The van der Waals surface area contributed by atoms with Crippen molar-refractivity contribution in [1.82, 2.24) is 10.3 Å². The van der Waals surface area contributed by atoms with E-state index in [0.717, 1.165) is 11.3 Å². The van der Waals surface area contributed by atoms with E-state index < -0.39 is 16.9 Å². The van der Waals surface area contributed by atoms with Crippen LogP contribution in [0.4, 0.5) is 4.79 Å². The zero-order chi connectivity index (χ0) is 16.8. The van der Waals surface area contributed by atoms with Crippen LogP contribution in [0.15, 0.2) is 41.2 Å². The summed E-state index contributed by atoms with van der Waals surface area (Å²) in [7, 11) is 2.11. The number of aryl methyl sites for hydroxylation is 1. The summed E-state index contributed by atoms with van der Waals surface area (Å²) in [5.41, 5.74) is 4.08. The van der Waals surface area contributed by atoms with Crippen molar-refractivity contribution < 1.29 is 13.7 Å². The molecule has 2 rings (SSSR count). The van der Waals surface area contributed by atoms with Crippen LogP contribution >= 0.6 is 11.3 Å². The lowest BCUT2D eigenvalue weighted by Gasteiger charge is -1.94. The van der Waals surface area contributed by atoms with Gasteiger partial charge in [-0.1, -0.05) is 30.3 Å². The zero-order valence-corrected chi connectivity index (χ0v) is 14.9. The maximum Gasteiger partial charge on any atom is 0.406 e. The second-order valence-corrected chi connectivity index (χ2v) is 6.23. The van der Waals surface area contributed by atoms with Gasteiger partial charge >= 0.3 is 6.09 Å². The first kappa shape index (κ1) is 20.3. The lowest BCUT2D eigenvalue weighted by Crippen LogP contribution is -2.16. The van der Waals surface area contributed by atoms with Crippen LogP contribution in [0.1, 0.15) is 11.3 Å². The largest absolute Gasteiger partial charge is 0.453 e. The fourth-order valence-corrected chi connectivity index (χ4v) is 2.39. The predicted molar refractivity (Wildman–Crippen MR) is 92.5 cm³/mol. The molecule has 1 atom stereocenters. The van der Waals surface area contributed by atoms with E-state index in [2.05, 4.69) is 15.0 Å². The molecule has 0 saturated heterocycles. The number of nitrogens with zero attached hydrogens (tertiary/aromatic N) is 1.